The third kappa shape index (κ3) is 3.14. The van der Waals surface area contributed by atoms with E-state index in [9.17, 15) is 13.2 Å². The van der Waals surface area contributed by atoms with Gasteiger partial charge in [0.25, 0.3) is 0 Å². The van der Waals surface area contributed by atoms with E-state index in [2.05, 4.69) is 20.4 Å². The number of alkyl halides is 3. The number of rotatable bonds is 3. The average molecular weight is 292 g/mol. The standard InChI is InChI=1S/C10H9ClF3N5/c1-2-15-7-3-8(19-5-6(11)4-16-19)18-9(17-7)10(12,13)14/h3-5H,2H2,1H3,(H,15,17,18). The zero-order valence-corrected chi connectivity index (χ0v) is 10.5. The summed E-state index contributed by atoms with van der Waals surface area (Å²) in [5.74, 6) is -1.16. The number of halogens is 4. The number of hydrogen-bond acceptors (Lipinski definition) is 4. The molecule has 0 saturated heterocycles. The molecule has 19 heavy (non-hydrogen) atoms. The van der Waals surface area contributed by atoms with Gasteiger partial charge in [0.2, 0.25) is 5.82 Å². The molecule has 102 valence electrons. The van der Waals surface area contributed by atoms with E-state index in [1.165, 1.54) is 18.5 Å². The SMILES string of the molecule is CCNc1cc(-n2cc(Cl)cn2)nc(C(F)(F)F)n1. The van der Waals surface area contributed by atoms with Gasteiger partial charge in [-0.3, -0.25) is 0 Å². The van der Waals surface area contributed by atoms with Crippen LogP contribution in [0.15, 0.2) is 18.5 Å². The Hall–Kier alpha value is -1.83. The van der Waals surface area contributed by atoms with Crippen molar-refractivity contribution in [3.8, 4) is 5.82 Å². The van der Waals surface area contributed by atoms with E-state index in [1.54, 1.807) is 6.92 Å². The van der Waals surface area contributed by atoms with Crippen molar-refractivity contribution in [1.29, 1.82) is 0 Å². The first-order valence-corrected chi connectivity index (χ1v) is 5.68. The molecule has 2 aromatic heterocycles. The van der Waals surface area contributed by atoms with Crippen LogP contribution in [0.4, 0.5) is 19.0 Å². The molecule has 1 N–H and O–H groups in total. The molecule has 0 aliphatic heterocycles. The Labute approximate surface area is 111 Å². The van der Waals surface area contributed by atoms with Gasteiger partial charge in [0, 0.05) is 12.6 Å². The molecule has 0 aromatic carbocycles. The molecule has 0 spiro atoms. The van der Waals surface area contributed by atoms with Gasteiger partial charge >= 0.3 is 6.18 Å². The summed E-state index contributed by atoms with van der Waals surface area (Å²) in [5.41, 5.74) is 0. The quantitative estimate of drug-likeness (QED) is 0.945. The van der Waals surface area contributed by atoms with Crippen LogP contribution >= 0.6 is 11.6 Å². The Balaban J connectivity index is 2.51. The fourth-order valence-corrected chi connectivity index (χ4v) is 1.51. The van der Waals surface area contributed by atoms with Gasteiger partial charge in [0.1, 0.15) is 5.82 Å². The molecule has 0 atom stereocenters. The summed E-state index contributed by atoms with van der Waals surface area (Å²) < 4.78 is 39.3. The molecule has 0 unspecified atom stereocenters. The fraction of sp³-hybridized carbons (Fsp3) is 0.300. The Morgan fingerprint density at radius 2 is 2.11 bits per heavy atom. The molecule has 5 nitrogen and oxygen atoms in total. The highest BCUT2D eigenvalue weighted by molar-refractivity contribution is 6.30. The minimum absolute atomic E-state index is 0.00910. The van der Waals surface area contributed by atoms with E-state index < -0.39 is 12.0 Å². The van der Waals surface area contributed by atoms with Crippen LogP contribution in [0, 0.1) is 0 Å². The number of nitrogens with one attached hydrogen (secondary N) is 1. The van der Waals surface area contributed by atoms with E-state index >= 15 is 0 Å². The first-order valence-electron chi connectivity index (χ1n) is 5.31. The Kier molecular flexibility index (Phi) is 3.61. The minimum Gasteiger partial charge on any atom is -0.370 e. The van der Waals surface area contributed by atoms with Crippen LogP contribution in [0.5, 0.6) is 0 Å². The third-order valence-corrected chi connectivity index (χ3v) is 2.31. The van der Waals surface area contributed by atoms with Crippen LogP contribution in [0.1, 0.15) is 12.7 Å². The second-order valence-corrected chi connectivity index (χ2v) is 4.00. The molecule has 2 rings (SSSR count). The fourth-order valence-electron chi connectivity index (χ4n) is 1.38. The lowest BCUT2D eigenvalue weighted by molar-refractivity contribution is -0.144. The second-order valence-electron chi connectivity index (χ2n) is 3.57. The van der Waals surface area contributed by atoms with Gasteiger partial charge in [-0.2, -0.15) is 18.3 Å². The molecule has 9 heteroatoms. The first kappa shape index (κ1) is 13.6. The van der Waals surface area contributed by atoms with Crippen LogP contribution in [0.3, 0.4) is 0 Å². The highest BCUT2D eigenvalue weighted by Gasteiger charge is 2.35. The lowest BCUT2D eigenvalue weighted by Gasteiger charge is -2.10. The predicted octanol–water partition coefficient (Wildman–Crippen LogP) is 2.77. The molecule has 0 saturated carbocycles. The molecule has 0 radical (unpaired) electrons. The van der Waals surface area contributed by atoms with Crippen LogP contribution in [-0.2, 0) is 6.18 Å². The first-order chi connectivity index (χ1) is 8.90. The largest absolute Gasteiger partial charge is 0.451 e. The summed E-state index contributed by atoms with van der Waals surface area (Å²) in [4.78, 5) is 6.84. The van der Waals surface area contributed by atoms with Crippen LogP contribution in [-0.4, -0.2) is 26.3 Å². The zero-order chi connectivity index (χ0) is 14.0. The molecule has 2 heterocycles. The minimum atomic E-state index is -4.63. The number of aromatic nitrogens is 4. The van der Waals surface area contributed by atoms with E-state index in [0.29, 0.717) is 11.6 Å². The van der Waals surface area contributed by atoms with Crippen molar-refractivity contribution in [1.82, 2.24) is 19.7 Å². The molecule has 0 fully saturated rings. The van der Waals surface area contributed by atoms with Gasteiger partial charge in [-0.25, -0.2) is 14.6 Å². The molecular formula is C10H9ClF3N5. The van der Waals surface area contributed by atoms with Crippen molar-refractivity contribution in [3.05, 3.63) is 29.3 Å². The van der Waals surface area contributed by atoms with Crippen molar-refractivity contribution >= 4 is 17.4 Å². The Morgan fingerprint density at radius 3 is 2.63 bits per heavy atom. The van der Waals surface area contributed by atoms with Crippen molar-refractivity contribution in [2.75, 3.05) is 11.9 Å². The van der Waals surface area contributed by atoms with Gasteiger partial charge in [-0.1, -0.05) is 11.6 Å². The maximum Gasteiger partial charge on any atom is 0.451 e. The summed E-state index contributed by atoms with van der Waals surface area (Å²) in [6.07, 6.45) is -1.96. The van der Waals surface area contributed by atoms with Crippen molar-refractivity contribution < 1.29 is 13.2 Å². The van der Waals surface area contributed by atoms with Gasteiger partial charge in [0.05, 0.1) is 17.4 Å². The normalized spacial score (nSPS) is 11.6. The van der Waals surface area contributed by atoms with Crippen LogP contribution in [0.25, 0.3) is 5.82 Å². The Bertz CT molecular complexity index is 581. The smallest absolute Gasteiger partial charge is 0.370 e. The van der Waals surface area contributed by atoms with Gasteiger partial charge in [-0.05, 0) is 6.92 Å². The van der Waals surface area contributed by atoms with E-state index in [4.69, 9.17) is 11.6 Å². The lowest BCUT2D eigenvalue weighted by atomic mass is 10.4. The molecule has 0 aliphatic carbocycles. The summed E-state index contributed by atoms with van der Waals surface area (Å²) in [6.45, 7) is 2.19. The van der Waals surface area contributed by atoms with Crippen LogP contribution in [0.2, 0.25) is 5.02 Å². The molecule has 0 bridgehead atoms. The highest BCUT2D eigenvalue weighted by Crippen LogP contribution is 2.28. The summed E-state index contributed by atoms with van der Waals surface area (Å²) >= 11 is 5.68. The maximum atomic E-state index is 12.7. The summed E-state index contributed by atoms with van der Waals surface area (Å²) in [6, 6.07) is 1.36. The number of nitrogens with zero attached hydrogens (tertiary/aromatic N) is 4. The summed E-state index contributed by atoms with van der Waals surface area (Å²) in [7, 11) is 0. The maximum absolute atomic E-state index is 12.7. The second kappa shape index (κ2) is 5.04. The lowest BCUT2D eigenvalue weighted by Crippen LogP contribution is -2.15. The van der Waals surface area contributed by atoms with Gasteiger partial charge < -0.3 is 5.32 Å². The summed E-state index contributed by atoms with van der Waals surface area (Å²) in [5, 5.41) is 6.82. The molecule has 0 amide bonds. The predicted molar refractivity (Wildman–Crippen MR) is 63.3 cm³/mol. The van der Waals surface area contributed by atoms with Crippen molar-refractivity contribution in [2.24, 2.45) is 0 Å². The third-order valence-electron chi connectivity index (χ3n) is 2.11. The van der Waals surface area contributed by atoms with E-state index in [0.717, 1.165) is 4.68 Å². The molecule has 2 aromatic rings. The van der Waals surface area contributed by atoms with Crippen molar-refractivity contribution in [3.63, 3.8) is 0 Å². The molecular weight excluding hydrogens is 283 g/mol. The number of hydrogen-bond donors (Lipinski definition) is 1. The van der Waals surface area contributed by atoms with Crippen molar-refractivity contribution in [2.45, 2.75) is 13.1 Å². The Morgan fingerprint density at radius 1 is 1.37 bits per heavy atom. The van der Waals surface area contributed by atoms with Crippen LogP contribution < -0.4 is 5.32 Å². The average Bonchev–Trinajstić information content (AvgIpc) is 2.75. The van der Waals surface area contributed by atoms with Gasteiger partial charge in [0.15, 0.2) is 5.82 Å². The number of anilines is 1. The van der Waals surface area contributed by atoms with E-state index in [1.807, 2.05) is 0 Å². The van der Waals surface area contributed by atoms with Gasteiger partial charge in [-0.15, -0.1) is 0 Å². The monoisotopic (exact) mass is 291 g/mol. The zero-order valence-electron chi connectivity index (χ0n) is 9.74. The highest BCUT2D eigenvalue weighted by atomic mass is 35.5. The van der Waals surface area contributed by atoms with E-state index in [-0.39, 0.29) is 11.6 Å². The molecule has 0 aliphatic rings. The topological polar surface area (TPSA) is 55.6 Å².